The predicted molar refractivity (Wildman–Crippen MR) is 199 cm³/mol. The van der Waals surface area contributed by atoms with E-state index >= 15 is 4.39 Å². The third-order valence-electron chi connectivity index (χ3n) is 9.51. The van der Waals surface area contributed by atoms with Crippen LogP contribution in [-0.2, 0) is 39.1 Å². The Morgan fingerprint density at radius 2 is 1.72 bits per heavy atom. The summed E-state index contributed by atoms with van der Waals surface area (Å²) in [6, 6.07) is 9.27. The van der Waals surface area contributed by atoms with Crippen molar-refractivity contribution in [3.63, 3.8) is 0 Å². The molecule has 0 unspecified atom stereocenters. The van der Waals surface area contributed by atoms with Gasteiger partial charge in [0, 0.05) is 36.9 Å². The Morgan fingerprint density at radius 3 is 2.43 bits per heavy atom. The fraction of sp³-hybridized carbons (Fsp3) is 0.590. The number of hydrogen-bond acceptors (Lipinski definition) is 10. The number of ether oxygens (including phenoxy) is 2. The molecule has 53 heavy (non-hydrogen) atoms. The van der Waals surface area contributed by atoms with Crippen molar-refractivity contribution < 1.29 is 28.2 Å². The summed E-state index contributed by atoms with van der Waals surface area (Å²) in [7, 11) is 1.88. The lowest BCUT2D eigenvalue weighted by Gasteiger charge is -2.36. The van der Waals surface area contributed by atoms with Crippen molar-refractivity contribution in [2.45, 2.75) is 109 Å². The van der Waals surface area contributed by atoms with E-state index < -0.39 is 17.5 Å². The van der Waals surface area contributed by atoms with Gasteiger partial charge < -0.3 is 25.4 Å². The molecule has 0 atom stereocenters. The number of nitrogens with zero attached hydrogens (tertiary/aromatic N) is 5. The lowest BCUT2D eigenvalue weighted by atomic mass is 9.90. The minimum Gasteiger partial charge on any atom is -0.459 e. The van der Waals surface area contributed by atoms with Crippen LogP contribution >= 0.6 is 0 Å². The average Bonchev–Trinajstić information content (AvgIpc) is 3.88. The van der Waals surface area contributed by atoms with Crippen LogP contribution < -0.4 is 16.0 Å². The standard InChI is InChI=1S/C39H55FN8O5/c1-39(2,3)53-35(50)24-41-19-9-6-10-20-42-34(49)25-48(38(51)52-26-28-11-7-5-8-12-28)30-17-15-29(16-18-30)45-37-43-23-32(40)36(46-37)31-22-44-47(4)33(31)21-27-13-14-27/h5,7-8,11-12,22-23,27,29-30,41H,6,9-10,13-21,24-26H2,1-4H3,(H,42,49)(H,43,45,46). The summed E-state index contributed by atoms with van der Waals surface area (Å²) >= 11 is 0. The molecule has 1 aromatic carbocycles. The van der Waals surface area contributed by atoms with Crippen molar-refractivity contribution in [3.8, 4) is 11.3 Å². The van der Waals surface area contributed by atoms with Crippen LogP contribution in [0, 0.1) is 11.7 Å². The number of aromatic nitrogens is 4. The molecule has 2 amide bonds. The lowest BCUT2D eigenvalue weighted by Crippen LogP contribution is -2.48. The van der Waals surface area contributed by atoms with Crippen LogP contribution in [-0.4, -0.2) is 86.5 Å². The Labute approximate surface area is 311 Å². The van der Waals surface area contributed by atoms with Crippen molar-refractivity contribution in [3.05, 3.63) is 59.8 Å². The zero-order valence-electron chi connectivity index (χ0n) is 31.5. The van der Waals surface area contributed by atoms with Crippen LogP contribution in [0.4, 0.5) is 15.1 Å². The van der Waals surface area contributed by atoms with E-state index in [1.807, 2.05) is 58.2 Å². The van der Waals surface area contributed by atoms with Crippen LogP contribution in [0.1, 0.15) is 89.8 Å². The summed E-state index contributed by atoms with van der Waals surface area (Å²) < 4.78 is 27.8. The van der Waals surface area contributed by atoms with Gasteiger partial charge in [-0.3, -0.25) is 19.2 Å². The number of rotatable bonds is 18. The van der Waals surface area contributed by atoms with E-state index in [4.69, 9.17) is 9.47 Å². The topological polar surface area (TPSA) is 153 Å². The summed E-state index contributed by atoms with van der Waals surface area (Å²) in [5, 5.41) is 13.8. The van der Waals surface area contributed by atoms with Gasteiger partial charge in [0.15, 0.2) is 5.82 Å². The van der Waals surface area contributed by atoms with Crippen molar-refractivity contribution in [2.75, 3.05) is 31.5 Å². The second-order valence-electron chi connectivity index (χ2n) is 15.2. The van der Waals surface area contributed by atoms with Gasteiger partial charge in [0.05, 0.1) is 18.9 Å². The molecule has 2 heterocycles. The number of amides is 2. The van der Waals surface area contributed by atoms with E-state index in [-0.39, 0.29) is 49.4 Å². The number of unbranched alkanes of at least 4 members (excludes halogenated alkanes) is 2. The number of benzene rings is 1. The first-order chi connectivity index (χ1) is 25.4. The number of nitrogens with one attached hydrogen (secondary N) is 3. The minimum absolute atomic E-state index is 0.0130. The molecule has 0 bridgehead atoms. The van der Waals surface area contributed by atoms with Gasteiger partial charge in [0.25, 0.3) is 0 Å². The summed E-state index contributed by atoms with van der Waals surface area (Å²) in [5.74, 6) is -0.0482. The highest BCUT2D eigenvalue weighted by molar-refractivity contribution is 5.82. The molecule has 0 aliphatic heterocycles. The molecule has 0 radical (unpaired) electrons. The fourth-order valence-electron chi connectivity index (χ4n) is 6.54. The Kier molecular flexibility index (Phi) is 14.2. The SMILES string of the molecule is Cn1ncc(-c2nc(NC3CCC(N(CC(=O)NCCCCCNCC(=O)OC(C)(C)C)C(=O)OCc4ccccc4)CC3)ncc2F)c1CC1CC1. The first-order valence-electron chi connectivity index (χ1n) is 18.9. The number of halogens is 1. The highest BCUT2D eigenvalue weighted by Crippen LogP contribution is 2.36. The summed E-state index contributed by atoms with van der Waals surface area (Å²) in [6.07, 6.45) is 10.7. The molecule has 14 heteroatoms. The molecule has 13 nitrogen and oxygen atoms in total. The summed E-state index contributed by atoms with van der Waals surface area (Å²) in [5.41, 5.74) is 2.27. The van der Waals surface area contributed by atoms with Crippen LogP contribution in [0.2, 0.25) is 0 Å². The smallest absolute Gasteiger partial charge is 0.410 e. The molecule has 288 valence electrons. The monoisotopic (exact) mass is 734 g/mol. The number of carbonyl (C=O) groups excluding carboxylic acids is 3. The third-order valence-corrected chi connectivity index (χ3v) is 9.51. The van der Waals surface area contributed by atoms with Crippen molar-refractivity contribution in [1.82, 2.24) is 35.3 Å². The molecule has 5 rings (SSSR count). The summed E-state index contributed by atoms with van der Waals surface area (Å²) in [4.78, 5) is 48.7. The van der Waals surface area contributed by atoms with Crippen LogP contribution in [0.5, 0.6) is 0 Å². The number of carbonyl (C=O) groups is 3. The van der Waals surface area contributed by atoms with Gasteiger partial charge in [-0.2, -0.15) is 5.10 Å². The summed E-state index contributed by atoms with van der Waals surface area (Å²) in [6.45, 7) is 6.84. The van der Waals surface area contributed by atoms with Gasteiger partial charge in [0.1, 0.15) is 24.4 Å². The minimum atomic E-state index is -0.526. The first-order valence-corrected chi connectivity index (χ1v) is 18.9. The van der Waals surface area contributed by atoms with E-state index in [9.17, 15) is 14.4 Å². The van der Waals surface area contributed by atoms with Gasteiger partial charge in [-0.25, -0.2) is 19.2 Å². The Bertz CT molecular complexity index is 1650. The normalized spacial score (nSPS) is 17.2. The number of aryl methyl sites for hydroxylation is 1. The van der Waals surface area contributed by atoms with Crippen molar-refractivity contribution >= 4 is 23.9 Å². The molecule has 2 aliphatic rings. The molecular formula is C39H55FN8O5. The van der Waals surface area contributed by atoms with Crippen LogP contribution in [0.15, 0.2) is 42.7 Å². The number of anilines is 1. The maximum Gasteiger partial charge on any atom is 0.410 e. The molecule has 0 spiro atoms. The fourth-order valence-corrected chi connectivity index (χ4v) is 6.54. The largest absolute Gasteiger partial charge is 0.459 e. The van der Waals surface area contributed by atoms with E-state index in [2.05, 4.69) is 31.0 Å². The first kappa shape index (κ1) is 39.6. The van der Waals surface area contributed by atoms with Crippen LogP contribution in [0.3, 0.4) is 0 Å². The Balaban J connectivity index is 1.10. The molecule has 3 aromatic rings. The maximum absolute atomic E-state index is 15.0. The Morgan fingerprint density at radius 1 is 0.981 bits per heavy atom. The van der Waals surface area contributed by atoms with Crippen LogP contribution in [0.25, 0.3) is 11.3 Å². The molecule has 0 saturated heterocycles. The molecule has 3 N–H and O–H groups in total. The zero-order chi connectivity index (χ0) is 37.8. The lowest BCUT2D eigenvalue weighted by molar-refractivity contribution is -0.153. The molecule has 2 saturated carbocycles. The van der Waals surface area contributed by atoms with Gasteiger partial charge in [-0.05, 0) is 96.6 Å². The third kappa shape index (κ3) is 12.8. The van der Waals surface area contributed by atoms with Gasteiger partial charge in [0.2, 0.25) is 11.9 Å². The van der Waals surface area contributed by atoms with Gasteiger partial charge in [-0.15, -0.1) is 0 Å². The number of esters is 1. The number of hydrogen-bond donors (Lipinski definition) is 3. The second-order valence-corrected chi connectivity index (χ2v) is 15.2. The van der Waals surface area contributed by atoms with E-state index in [1.165, 1.54) is 19.0 Å². The van der Waals surface area contributed by atoms with Crippen molar-refractivity contribution in [2.24, 2.45) is 13.0 Å². The quantitative estimate of drug-likeness (QED) is 0.112. The van der Waals surface area contributed by atoms with E-state index in [0.29, 0.717) is 56.2 Å². The molecular weight excluding hydrogens is 679 g/mol. The van der Waals surface area contributed by atoms with Gasteiger partial charge in [-0.1, -0.05) is 36.8 Å². The average molecular weight is 735 g/mol. The molecule has 2 aliphatic carbocycles. The molecule has 2 fully saturated rings. The predicted octanol–water partition coefficient (Wildman–Crippen LogP) is 5.55. The second kappa shape index (κ2) is 18.9. The molecule has 2 aromatic heterocycles. The zero-order valence-corrected chi connectivity index (χ0v) is 31.5. The highest BCUT2D eigenvalue weighted by atomic mass is 19.1. The van der Waals surface area contributed by atoms with Gasteiger partial charge >= 0.3 is 12.1 Å². The Hall–Kier alpha value is -4.59. The van der Waals surface area contributed by atoms with Crippen molar-refractivity contribution in [1.29, 1.82) is 0 Å². The highest BCUT2D eigenvalue weighted by Gasteiger charge is 2.32. The van der Waals surface area contributed by atoms with E-state index in [1.54, 1.807) is 15.8 Å². The maximum atomic E-state index is 15.0. The van der Waals surface area contributed by atoms with E-state index in [0.717, 1.165) is 36.9 Å².